The molecule has 0 radical (unpaired) electrons. The first kappa shape index (κ1) is 16.0. The summed E-state index contributed by atoms with van der Waals surface area (Å²) in [7, 11) is 0. The van der Waals surface area contributed by atoms with E-state index in [0.29, 0.717) is 12.4 Å². The monoisotopic (exact) mass is 326 g/mol. The maximum atomic E-state index is 12.4. The van der Waals surface area contributed by atoms with Gasteiger partial charge in [-0.2, -0.15) is 0 Å². The van der Waals surface area contributed by atoms with Gasteiger partial charge in [0.1, 0.15) is 17.5 Å². The van der Waals surface area contributed by atoms with Crippen LogP contribution < -0.4 is 10.1 Å². The number of fused-ring (bicyclic) bond motifs is 1. The van der Waals surface area contributed by atoms with E-state index in [1.807, 2.05) is 30.3 Å². The van der Waals surface area contributed by atoms with Gasteiger partial charge in [-0.05, 0) is 30.0 Å². The molecule has 24 heavy (non-hydrogen) atoms. The molecule has 1 aromatic heterocycles. The lowest BCUT2D eigenvalue weighted by Crippen LogP contribution is -2.42. The van der Waals surface area contributed by atoms with E-state index >= 15 is 0 Å². The Morgan fingerprint density at radius 2 is 2.08 bits per heavy atom. The van der Waals surface area contributed by atoms with Crippen LogP contribution in [0, 0.1) is 0 Å². The molecule has 0 saturated heterocycles. The SMILES string of the molecule is O=C(N[C@H](Cc1ccccc1)C(=O)O)c1cc2c(cn1)OCCC2. The highest BCUT2D eigenvalue weighted by atomic mass is 16.5. The van der Waals surface area contributed by atoms with Crippen LogP contribution in [0.2, 0.25) is 0 Å². The molecule has 6 heteroatoms. The Morgan fingerprint density at radius 1 is 1.29 bits per heavy atom. The second-order valence-electron chi connectivity index (χ2n) is 5.68. The molecule has 6 nitrogen and oxygen atoms in total. The van der Waals surface area contributed by atoms with Gasteiger partial charge in [0.2, 0.25) is 0 Å². The van der Waals surface area contributed by atoms with E-state index in [0.717, 1.165) is 24.0 Å². The Kier molecular flexibility index (Phi) is 4.74. The molecule has 2 aromatic rings. The summed E-state index contributed by atoms with van der Waals surface area (Å²) >= 11 is 0. The average molecular weight is 326 g/mol. The number of aliphatic carboxylic acids is 1. The summed E-state index contributed by atoms with van der Waals surface area (Å²) in [6, 6.07) is 9.85. The predicted molar refractivity (Wildman–Crippen MR) is 87.1 cm³/mol. The van der Waals surface area contributed by atoms with E-state index < -0.39 is 17.9 Å². The van der Waals surface area contributed by atoms with Crippen LogP contribution in [-0.4, -0.2) is 34.6 Å². The summed E-state index contributed by atoms with van der Waals surface area (Å²) in [5.74, 6) is -0.878. The number of amides is 1. The molecular weight excluding hydrogens is 308 g/mol. The zero-order chi connectivity index (χ0) is 16.9. The van der Waals surface area contributed by atoms with E-state index in [2.05, 4.69) is 10.3 Å². The molecule has 3 rings (SSSR count). The normalized spacial score (nSPS) is 14.2. The molecule has 1 aliphatic heterocycles. The smallest absolute Gasteiger partial charge is 0.326 e. The van der Waals surface area contributed by atoms with Gasteiger partial charge >= 0.3 is 5.97 Å². The number of aromatic nitrogens is 1. The van der Waals surface area contributed by atoms with Crippen LogP contribution in [-0.2, 0) is 17.6 Å². The van der Waals surface area contributed by atoms with Crippen molar-refractivity contribution in [2.24, 2.45) is 0 Å². The molecule has 1 atom stereocenters. The van der Waals surface area contributed by atoms with E-state index in [1.165, 1.54) is 6.20 Å². The van der Waals surface area contributed by atoms with E-state index in [-0.39, 0.29) is 12.1 Å². The van der Waals surface area contributed by atoms with Crippen molar-refractivity contribution in [3.05, 3.63) is 59.4 Å². The number of nitrogens with zero attached hydrogens (tertiary/aromatic N) is 1. The highest BCUT2D eigenvalue weighted by Gasteiger charge is 2.22. The molecule has 0 fully saturated rings. The summed E-state index contributed by atoms with van der Waals surface area (Å²) in [5.41, 5.74) is 1.98. The number of hydrogen-bond donors (Lipinski definition) is 2. The molecule has 1 aromatic carbocycles. The number of pyridine rings is 1. The van der Waals surface area contributed by atoms with Crippen LogP contribution in [0.25, 0.3) is 0 Å². The van der Waals surface area contributed by atoms with E-state index in [9.17, 15) is 14.7 Å². The second-order valence-corrected chi connectivity index (χ2v) is 5.68. The number of ether oxygens (including phenoxy) is 1. The average Bonchev–Trinajstić information content (AvgIpc) is 2.61. The van der Waals surface area contributed by atoms with Gasteiger partial charge in [-0.3, -0.25) is 4.79 Å². The van der Waals surface area contributed by atoms with Crippen molar-refractivity contribution < 1.29 is 19.4 Å². The van der Waals surface area contributed by atoms with Crippen LogP contribution in [0.4, 0.5) is 0 Å². The zero-order valence-corrected chi connectivity index (χ0v) is 13.1. The molecule has 2 N–H and O–H groups in total. The number of hydrogen-bond acceptors (Lipinski definition) is 4. The molecule has 1 aliphatic rings. The topological polar surface area (TPSA) is 88.5 Å². The molecule has 1 amide bonds. The first-order chi connectivity index (χ1) is 11.6. The molecule has 0 spiro atoms. The molecule has 0 bridgehead atoms. The summed E-state index contributed by atoms with van der Waals surface area (Å²) in [5, 5.41) is 11.9. The minimum absolute atomic E-state index is 0.207. The Morgan fingerprint density at radius 3 is 2.83 bits per heavy atom. The van der Waals surface area contributed by atoms with Crippen molar-refractivity contribution in [1.29, 1.82) is 0 Å². The Bertz CT molecular complexity index is 746. The van der Waals surface area contributed by atoms with Crippen LogP contribution in [0.3, 0.4) is 0 Å². The number of benzene rings is 1. The fourth-order valence-corrected chi connectivity index (χ4v) is 2.66. The lowest BCUT2D eigenvalue weighted by Gasteiger charge is -2.18. The van der Waals surface area contributed by atoms with Gasteiger partial charge in [-0.25, -0.2) is 9.78 Å². The summed E-state index contributed by atoms with van der Waals surface area (Å²) in [6.45, 7) is 0.651. The summed E-state index contributed by atoms with van der Waals surface area (Å²) in [6.07, 6.45) is 3.46. The highest BCUT2D eigenvalue weighted by Crippen LogP contribution is 2.24. The number of carbonyl (C=O) groups excluding carboxylic acids is 1. The second kappa shape index (κ2) is 7.12. The Balaban J connectivity index is 1.72. The first-order valence-electron chi connectivity index (χ1n) is 7.83. The van der Waals surface area contributed by atoms with Gasteiger partial charge in [0.25, 0.3) is 5.91 Å². The summed E-state index contributed by atoms with van der Waals surface area (Å²) in [4.78, 5) is 27.9. The zero-order valence-electron chi connectivity index (χ0n) is 13.1. The molecule has 0 aliphatic carbocycles. The number of carboxylic acid groups (broad SMARTS) is 1. The van der Waals surface area contributed by atoms with Gasteiger partial charge in [0.15, 0.2) is 0 Å². The van der Waals surface area contributed by atoms with Gasteiger partial charge in [0.05, 0.1) is 12.8 Å². The molecule has 0 unspecified atom stereocenters. The molecule has 0 saturated carbocycles. The minimum Gasteiger partial charge on any atom is -0.492 e. The maximum Gasteiger partial charge on any atom is 0.326 e. The fourth-order valence-electron chi connectivity index (χ4n) is 2.66. The van der Waals surface area contributed by atoms with E-state index in [1.54, 1.807) is 6.07 Å². The number of carbonyl (C=O) groups is 2. The third-order valence-electron chi connectivity index (χ3n) is 3.92. The molecule has 2 heterocycles. The number of rotatable bonds is 5. The molecular formula is C18H18N2O4. The Hall–Kier alpha value is -2.89. The van der Waals surface area contributed by atoms with Crippen LogP contribution in [0.15, 0.2) is 42.6 Å². The standard InChI is InChI=1S/C18H18N2O4/c21-17(14-10-13-7-4-8-24-16(13)11-19-14)20-15(18(22)23)9-12-5-2-1-3-6-12/h1-3,5-6,10-11,15H,4,7-9H2,(H,20,21)(H,22,23)/t15-/m1/s1. The fraction of sp³-hybridized carbons (Fsp3) is 0.278. The van der Waals surface area contributed by atoms with Gasteiger partial charge in [-0.1, -0.05) is 30.3 Å². The quantitative estimate of drug-likeness (QED) is 0.875. The van der Waals surface area contributed by atoms with Crippen LogP contribution in [0.1, 0.15) is 28.0 Å². The van der Waals surface area contributed by atoms with Crippen molar-refractivity contribution in [2.45, 2.75) is 25.3 Å². The largest absolute Gasteiger partial charge is 0.492 e. The van der Waals surface area contributed by atoms with Crippen LogP contribution >= 0.6 is 0 Å². The molecule has 124 valence electrons. The number of nitrogens with one attached hydrogen (secondary N) is 1. The van der Waals surface area contributed by atoms with E-state index in [4.69, 9.17) is 4.74 Å². The van der Waals surface area contributed by atoms with Crippen molar-refractivity contribution >= 4 is 11.9 Å². The van der Waals surface area contributed by atoms with Crippen molar-refractivity contribution in [1.82, 2.24) is 10.3 Å². The maximum absolute atomic E-state index is 12.4. The van der Waals surface area contributed by atoms with Crippen LogP contribution in [0.5, 0.6) is 5.75 Å². The van der Waals surface area contributed by atoms with Crippen molar-refractivity contribution in [3.8, 4) is 5.75 Å². The van der Waals surface area contributed by atoms with Crippen molar-refractivity contribution in [3.63, 3.8) is 0 Å². The third kappa shape index (κ3) is 3.71. The minimum atomic E-state index is -1.08. The summed E-state index contributed by atoms with van der Waals surface area (Å²) < 4.78 is 5.47. The van der Waals surface area contributed by atoms with Gasteiger partial charge in [0, 0.05) is 6.42 Å². The van der Waals surface area contributed by atoms with Gasteiger partial charge in [-0.15, -0.1) is 0 Å². The Labute approximate surface area is 139 Å². The number of aryl methyl sites for hydroxylation is 1. The predicted octanol–water partition coefficient (Wildman–Crippen LogP) is 1.83. The lowest BCUT2D eigenvalue weighted by molar-refractivity contribution is -0.139. The lowest BCUT2D eigenvalue weighted by atomic mass is 10.0. The van der Waals surface area contributed by atoms with Gasteiger partial charge < -0.3 is 15.2 Å². The third-order valence-corrected chi connectivity index (χ3v) is 3.92. The first-order valence-corrected chi connectivity index (χ1v) is 7.83. The highest BCUT2D eigenvalue weighted by molar-refractivity contribution is 5.95. The number of carboxylic acids is 1. The van der Waals surface area contributed by atoms with Crippen molar-refractivity contribution in [2.75, 3.05) is 6.61 Å².